The predicted molar refractivity (Wildman–Crippen MR) is 89.5 cm³/mol. The lowest BCUT2D eigenvalue weighted by molar-refractivity contribution is -0.145. The van der Waals surface area contributed by atoms with Crippen molar-refractivity contribution in [3.05, 3.63) is 71.8 Å². The van der Waals surface area contributed by atoms with E-state index in [1.54, 1.807) is 0 Å². The molecule has 0 heterocycles. The first-order valence-corrected chi connectivity index (χ1v) is 8.03. The Morgan fingerprint density at radius 2 is 1.52 bits per heavy atom. The molecule has 1 unspecified atom stereocenters. The van der Waals surface area contributed by atoms with Crippen molar-refractivity contribution in [3.8, 4) is 0 Å². The van der Waals surface area contributed by atoms with Gasteiger partial charge in [-0.15, -0.1) is 0 Å². The van der Waals surface area contributed by atoms with Crippen LogP contribution in [0.25, 0.3) is 0 Å². The van der Waals surface area contributed by atoms with E-state index in [4.69, 9.17) is 11.2 Å². The lowest BCUT2D eigenvalue weighted by Gasteiger charge is -2.41. The number of carboxylic acid groups (broad SMARTS) is 1. The molecule has 1 saturated carbocycles. The zero-order chi connectivity index (χ0) is 17.0. The van der Waals surface area contributed by atoms with Crippen molar-refractivity contribution >= 4 is 5.97 Å². The molecule has 0 amide bonds. The molecule has 2 aromatic carbocycles. The molecule has 0 spiro atoms. The Balaban J connectivity index is 1.84. The van der Waals surface area contributed by atoms with Gasteiger partial charge in [-0.2, -0.15) is 0 Å². The fourth-order valence-electron chi connectivity index (χ4n) is 3.63. The van der Waals surface area contributed by atoms with Gasteiger partial charge in [0, 0.05) is 5.41 Å². The van der Waals surface area contributed by atoms with Crippen LogP contribution in [-0.4, -0.2) is 23.8 Å². The standard InChI is InChI=1S/C20H22O3/c21-19(22)15-23-18-11-13-20(14-12-18,16-7-3-1-4-8-16)17-9-5-2-6-10-17/h1-10,18H,11-15H2,(H,21,22)/i15T. The summed E-state index contributed by atoms with van der Waals surface area (Å²) in [6.07, 6.45) is 3.12. The third-order valence-corrected chi connectivity index (χ3v) is 4.80. The first-order valence-electron chi connectivity index (χ1n) is 8.61. The van der Waals surface area contributed by atoms with E-state index in [1.165, 1.54) is 11.1 Å². The van der Waals surface area contributed by atoms with Gasteiger partial charge in [0.15, 0.2) is 0 Å². The molecule has 0 saturated heterocycles. The van der Waals surface area contributed by atoms with Gasteiger partial charge in [0.05, 0.1) is 7.47 Å². The van der Waals surface area contributed by atoms with Crippen LogP contribution < -0.4 is 0 Å². The van der Waals surface area contributed by atoms with E-state index in [0.29, 0.717) is 0 Å². The molecule has 2 aromatic rings. The van der Waals surface area contributed by atoms with Gasteiger partial charge < -0.3 is 9.84 Å². The molecule has 23 heavy (non-hydrogen) atoms. The Morgan fingerprint density at radius 1 is 1.04 bits per heavy atom. The smallest absolute Gasteiger partial charge is 0.329 e. The fraction of sp³-hybridized carbons (Fsp3) is 0.350. The molecule has 0 radical (unpaired) electrons. The lowest BCUT2D eigenvalue weighted by atomic mass is 9.65. The summed E-state index contributed by atoms with van der Waals surface area (Å²) in [4.78, 5) is 10.8. The summed E-state index contributed by atoms with van der Waals surface area (Å²) in [5, 5.41) is 8.86. The summed E-state index contributed by atoms with van der Waals surface area (Å²) in [7, 11) is 0. The summed E-state index contributed by atoms with van der Waals surface area (Å²) < 4.78 is 12.9. The number of carbonyl (C=O) groups is 1. The molecule has 3 rings (SSSR count). The van der Waals surface area contributed by atoms with Crippen LogP contribution in [0.2, 0.25) is 0 Å². The Labute approximate surface area is 138 Å². The van der Waals surface area contributed by atoms with Crippen LogP contribution in [0.1, 0.15) is 38.2 Å². The van der Waals surface area contributed by atoms with Crippen LogP contribution in [0, 0.1) is 0 Å². The van der Waals surface area contributed by atoms with Crippen LogP contribution in [0.5, 0.6) is 0 Å². The largest absolute Gasteiger partial charge is 0.480 e. The third-order valence-electron chi connectivity index (χ3n) is 4.80. The van der Waals surface area contributed by atoms with Gasteiger partial charge in [0.1, 0.15) is 6.58 Å². The minimum Gasteiger partial charge on any atom is -0.480 e. The highest BCUT2D eigenvalue weighted by molar-refractivity contribution is 5.68. The molecular weight excluding hydrogens is 288 g/mol. The molecule has 3 nitrogen and oxygen atoms in total. The minimum absolute atomic E-state index is 0.0663. The van der Waals surface area contributed by atoms with E-state index in [9.17, 15) is 4.79 Å². The molecule has 1 aliphatic rings. The highest BCUT2D eigenvalue weighted by Gasteiger charge is 2.38. The van der Waals surface area contributed by atoms with E-state index in [2.05, 4.69) is 48.5 Å². The Hall–Kier alpha value is -2.13. The first-order chi connectivity index (χ1) is 11.6. The highest BCUT2D eigenvalue weighted by atomic mass is 16.5. The molecule has 0 aromatic heterocycles. The van der Waals surface area contributed by atoms with Gasteiger partial charge in [-0.3, -0.25) is 0 Å². The predicted octanol–water partition coefficient (Wildman–Crippen LogP) is 4.02. The zero-order valence-electron chi connectivity index (χ0n) is 14.0. The van der Waals surface area contributed by atoms with Crippen molar-refractivity contribution in [2.45, 2.75) is 37.2 Å². The van der Waals surface area contributed by atoms with Crippen molar-refractivity contribution in [2.24, 2.45) is 0 Å². The second-order valence-electron chi connectivity index (χ2n) is 6.11. The Bertz CT molecular complexity index is 622. The molecule has 1 atom stereocenters. The minimum atomic E-state index is -1.49. The average Bonchev–Trinajstić information content (AvgIpc) is 2.64. The summed E-state index contributed by atoms with van der Waals surface area (Å²) in [5.74, 6) is -1.22. The van der Waals surface area contributed by atoms with Crippen LogP contribution in [0.3, 0.4) is 0 Å². The third kappa shape index (κ3) is 3.45. The Kier molecular flexibility index (Phi) is 4.38. The van der Waals surface area contributed by atoms with Gasteiger partial charge in [0.2, 0.25) is 0 Å². The lowest BCUT2D eigenvalue weighted by Crippen LogP contribution is -2.36. The maximum atomic E-state index is 10.8. The number of ether oxygens (including phenoxy) is 1. The van der Waals surface area contributed by atoms with Gasteiger partial charge in [-0.05, 0) is 36.8 Å². The fourth-order valence-corrected chi connectivity index (χ4v) is 3.63. The van der Waals surface area contributed by atoms with Gasteiger partial charge in [-0.25, -0.2) is 4.79 Å². The first kappa shape index (κ1) is 14.5. The summed E-state index contributed by atoms with van der Waals surface area (Å²) in [6.45, 7) is -1.49. The van der Waals surface area contributed by atoms with Gasteiger partial charge >= 0.3 is 5.97 Å². The van der Waals surface area contributed by atoms with Crippen molar-refractivity contribution in [3.63, 3.8) is 0 Å². The topological polar surface area (TPSA) is 46.5 Å². The number of hydrogen-bond acceptors (Lipinski definition) is 2. The Morgan fingerprint density at radius 3 is 1.96 bits per heavy atom. The average molecular weight is 312 g/mol. The highest BCUT2D eigenvalue weighted by Crippen LogP contribution is 2.45. The van der Waals surface area contributed by atoms with Crippen LogP contribution >= 0.6 is 0 Å². The summed E-state index contributed by atoms with van der Waals surface area (Å²) in [5.41, 5.74) is 2.51. The van der Waals surface area contributed by atoms with Crippen LogP contribution in [0.15, 0.2) is 60.7 Å². The van der Waals surface area contributed by atoms with Crippen molar-refractivity contribution < 1.29 is 16.0 Å². The molecule has 1 N–H and O–H groups in total. The number of aliphatic carboxylic acids is 1. The monoisotopic (exact) mass is 312 g/mol. The van der Waals surface area contributed by atoms with Crippen molar-refractivity contribution in [1.82, 2.24) is 0 Å². The maximum Gasteiger partial charge on any atom is 0.329 e. The van der Waals surface area contributed by atoms with E-state index >= 15 is 0 Å². The zero-order valence-corrected chi connectivity index (χ0v) is 13.0. The van der Waals surface area contributed by atoms with E-state index in [0.717, 1.165) is 25.7 Å². The normalized spacial score (nSPS) is 19.7. The number of carboxylic acids is 1. The summed E-state index contributed by atoms with van der Waals surface area (Å²) >= 11 is 0. The molecular formula is C20H22O3. The second-order valence-corrected chi connectivity index (χ2v) is 6.11. The van der Waals surface area contributed by atoms with Crippen LogP contribution in [0.4, 0.5) is 0 Å². The number of rotatable bonds is 5. The molecule has 3 heteroatoms. The number of hydrogen-bond donors (Lipinski definition) is 1. The SMILES string of the molecule is [3H]C(OC1CCC(c2ccccc2)(c2ccccc2)CC1)C(=O)O. The van der Waals surface area contributed by atoms with E-state index in [-0.39, 0.29) is 11.5 Å². The van der Waals surface area contributed by atoms with Gasteiger partial charge in [-0.1, -0.05) is 60.7 Å². The number of benzene rings is 2. The van der Waals surface area contributed by atoms with Crippen molar-refractivity contribution in [1.29, 1.82) is 0 Å². The molecule has 1 aliphatic carbocycles. The molecule has 0 bridgehead atoms. The second kappa shape index (κ2) is 6.97. The quantitative estimate of drug-likeness (QED) is 0.907. The van der Waals surface area contributed by atoms with Crippen molar-refractivity contribution in [2.75, 3.05) is 6.58 Å². The summed E-state index contributed by atoms with van der Waals surface area (Å²) in [6, 6.07) is 21.0. The van der Waals surface area contributed by atoms with E-state index < -0.39 is 12.6 Å². The van der Waals surface area contributed by atoms with Gasteiger partial charge in [0.25, 0.3) is 0 Å². The molecule has 1 fully saturated rings. The molecule has 120 valence electrons. The molecule has 0 aliphatic heterocycles. The van der Waals surface area contributed by atoms with Crippen LogP contribution in [-0.2, 0) is 14.9 Å². The van der Waals surface area contributed by atoms with E-state index in [1.807, 2.05) is 12.1 Å². The maximum absolute atomic E-state index is 10.8.